The molecule has 0 bridgehead atoms. The Hall–Kier alpha value is -3.91. The molecule has 0 aliphatic rings. The average Bonchev–Trinajstić information content (AvgIpc) is 3.22. The maximum Gasteiger partial charge on any atom is 0.136 e. The molecule has 0 fully saturated rings. The largest absolute Gasteiger partial charge is 0.456 e. The molecule has 0 aliphatic heterocycles. The minimum atomic E-state index is 0.242. The van der Waals surface area contributed by atoms with Gasteiger partial charge in [0.15, 0.2) is 0 Å². The van der Waals surface area contributed by atoms with Gasteiger partial charge in [-0.15, -0.1) is 0 Å². The number of pyridine rings is 1. The normalized spacial score (nSPS) is 12.1. The molecular formula is C32H27NO. The van der Waals surface area contributed by atoms with Gasteiger partial charge in [-0.3, -0.25) is 4.98 Å². The van der Waals surface area contributed by atoms with Crippen LogP contribution in [0.4, 0.5) is 0 Å². The van der Waals surface area contributed by atoms with E-state index in [1.54, 1.807) is 0 Å². The lowest BCUT2D eigenvalue weighted by molar-refractivity contribution is 0.411. The van der Waals surface area contributed by atoms with Gasteiger partial charge >= 0.3 is 0 Å². The van der Waals surface area contributed by atoms with Gasteiger partial charge in [-0.1, -0.05) is 81.4 Å². The summed E-state index contributed by atoms with van der Waals surface area (Å²) in [4.78, 5) is 4.69. The van der Waals surface area contributed by atoms with Crippen molar-refractivity contribution in [2.75, 3.05) is 0 Å². The molecule has 0 amide bonds. The summed E-state index contributed by atoms with van der Waals surface area (Å²) >= 11 is 0. The zero-order chi connectivity index (χ0) is 23.3. The standard InChI is InChI=1S/C32H27NO/c1-32(2,3)20-21-16-17-33-28(18-21)23-9-6-8-22(19-23)24-11-7-12-26-25(24)14-15-30-31(26)27-10-4-5-13-29(27)34-30/h4-19H,20H2,1-3H3. The number of hydrogen-bond acceptors (Lipinski definition) is 2. The van der Waals surface area contributed by atoms with Crippen molar-refractivity contribution in [3.63, 3.8) is 0 Å². The fraction of sp³-hybridized carbons (Fsp3) is 0.156. The number of rotatable bonds is 3. The highest BCUT2D eigenvalue weighted by Gasteiger charge is 2.14. The third kappa shape index (κ3) is 3.66. The second kappa shape index (κ2) is 7.85. The van der Waals surface area contributed by atoms with Crippen LogP contribution < -0.4 is 0 Å². The Morgan fingerprint density at radius 3 is 2.35 bits per heavy atom. The summed E-state index contributed by atoms with van der Waals surface area (Å²) in [7, 11) is 0. The molecule has 0 atom stereocenters. The van der Waals surface area contributed by atoms with E-state index in [9.17, 15) is 0 Å². The van der Waals surface area contributed by atoms with Gasteiger partial charge in [0.05, 0.1) is 5.69 Å². The highest BCUT2D eigenvalue weighted by atomic mass is 16.3. The van der Waals surface area contributed by atoms with Crippen LogP contribution in [0.2, 0.25) is 0 Å². The van der Waals surface area contributed by atoms with E-state index in [4.69, 9.17) is 9.40 Å². The number of hydrogen-bond donors (Lipinski definition) is 0. The second-order valence-electron chi connectivity index (χ2n) is 10.3. The molecule has 2 nitrogen and oxygen atoms in total. The fourth-order valence-electron chi connectivity index (χ4n) is 5.03. The Labute approximate surface area is 199 Å². The first-order valence-electron chi connectivity index (χ1n) is 11.8. The van der Waals surface area contributed by atoms with Crippen molar-refractivity contribution in [3.8, 4) is 22.4 Å². The van der Waals surface area contributed by atoms with Crippen LogP contribution in [0.5, 0.6) is 0 Å². The number of fused-ring (bicyclic) bond motifs is 5. The zero-order valence-electron chi connectivity index (χ0n) is 19.8. The molecule has 6 aromatic rings. The van der Waals surface area contributed by atoms with Gasteiger partial charge < -0.3 is 4.42 Å². The molecule has 0 unspecified atom stereocenters. The molecule has 0 N–H and O–H groups in total. The fourth-order valence-corrected chi connectivity index (χ4v) is 5.03. The lowest BCUT2D eigenvalue weighted by Crippen LogP contribution is -2.09. The molecule has 2 heteroatoms. The van der Waals surface area contributed by atoms with Crippen molar-refractivity contribution in [3.05, 3.63) is 103 Å². The first kappa shape index (κ1) is 20.7. The molecular weight excluding hydrogens is 414 g/mol. The van der Waals surface area contributed by atoms with E-state index in [1.165, 1.54) is 32.8 Å². The predicted molar refractivity (Wildman–Crippen MR) is 143 cm³/mol. The molecule has 4 aromatic carbocycles. The van der Waals surface area contributed by atoms with Crippen LogP contribution in [-0.4, -0.2) is 4.98 Å². The van der Waals surface area contributed by atoms with Crippen LogP contribution in [0.15, 0.2) is 102 Å². The first-order valence-corrected chi connectivity index (χ1v) is 11.8. The lowest BCUT2D eigenvalue weighted by atomic mass is 9.88. The van der Waals surface area contributed by atoms with Crippen molar-refractivity contribution >= 4 is 32.7 Å². The van der Waals surface area contributed by atoms with E-state index in [2.05, 4.69) is 99.6 Å². The highest BCUT2D eigenvalue weighted by molar-refractivity contribution is 6.20. The summed E-state index contributed by atoms with van der Waals surface area (Å²) in [6.07, 6.45) is 2.96. The van der Waals surface area contributed by atoms with E-state index in [0.29, 0.717) is 0 Å². The number of para-hydroxylation sites is 1. The molecule has 166 valence electrons. The molecule has 2 aromatic heterocycles. The van der Waals surface area contributed by atoms with Crippen LogP contribution >= 0.6 is 0 Å². The van der Waals surface area contributed by atoms with Gasteiger partial charge in [0.2, 0.25) is 0 Å². The zero-order valence-corrected chi connectivity index (χ0v) is 19.8. The second-order valence-corrected chi connectivity index (χ2v) is 10.3. The Morgan fingerprint density at radius 2 is 1.47 bits per heavy atom. The van der Waals surface area contributed by atoms with Crippen LogP contribution in [0.3, 0.4) is 0 Å². The monoisotopic (exact) mass is 441 g/mol. The third-order valence-corrected chi connectivity index (χ3v) is 6.43. The molecule has 0 radical (unpaired) electrons. The summed E-state index contributed by atoms with van der Waals surface area (Å²) in [5, 5.41) is 4.79. The molecule has 0 aliphatic carbocycles. The van der Waals surface area contributed by atoms with Gasteiger partial charge in [0.25, 0.3) is 0 Å². The van der Waals surface area contributed by atoms with Gasteiger partial charge in [0.1, 0.15) is 11.2 Å². The molecule has 6 rings (SSSR count). The summed E-state index contributed by atoms with van der Waals surface area (Å²) in [5.41, 5.74) is 8.00. The SMILES string of the molecule is CC(C)(C)Cc1ccnc(-c2cccc(-c3cccc4c3ccc3oc5ccccc5c34)c2)c1. The first-order chi connectivity index (χ1) is 16.5. The predicted octanol–water partition coefficient (Wildman–Crippen LogP) is 9.06. The van der Waals surface area contributed by atoms with Crippen molar-refractivity contribution in [1.29, 1.82) is 0 Å². The van der Waals surface area contributed by atoms with E-state index in [0.717, 1.165) is 34.2 Å². The van der Waals surface area contributed by atoms with E-state index in [-0.39, 0.29) is 5.41 Å². The maximum absolute atomic E-state index is 6.12. The van der Waals surface area contributed by atoms with E-state index >= 15 is 0 Å². The van der Waals surface area contributed by atoms with Crippen LogP contribution in [0, 0.1) is 5.41 Å². The highest BCUT2D eigenvalue weighted by Crippen LogP contribution is 2.38. The van der Waals surface area contributed by atoms with Crippen LogP contribution in [0.1, 0.15) is 26.3 Å². The Morgan fingerprint density at radius 1 is 0.676 bits per heavy atom. The van der Waals surface area contributed by atoms with Crippen molar-refractivity contribution < 1.29 is 4.42 Å². The average molecular weight is 442 g/mol. The Balaban J connectivity index is 1.49. The Kier molecular flexibility index (Phi) is 4.77. The molecule has 0 saturated heterocycles. The van der Waals surface area contributed by atoms with Crippen LogP contribution in [-0.2, 0) is 6.42 Å². The van der Waals surface area contributed by atoms with Gasteiger partial charge in [-0.2, -0.15) is 0 Å². The maximum atomic E-state index is 6.12. The summed E-state index contributed by atoms with van der Waals surface area (Å²) in [6.45, 7) is 6.82. The van der Waals surface area contributed by atoms with E-state index < -0.39 is 0 Å². The molecule has 34 heavy (non-hydrogen) atoms. The number of furan rings is 1. The number of benzene rings is 4. The van der Waals surface area contributed by atoms with Gasteiger partial charge in [-0.25, -0.2) is 0 Å². The quantitative estimate of drug-likeness (QED) is 0.274. The molecule has 0 saturated carbocycles. The van der Waals surface area contributed by atoms with Crippen molar-refractivity contribution in [2.24, 2.45) is 5.41 Å². The Bertz CT molecular complexity index is 1670. The minimum Gasteiger partial charge on any atom is -0.456 e. The van der Waals surface area contributed by atoms with E-state index in [1.807, 2.05) is 18.3 Å². The lowest BCUT2D eigenvalue weighted by Gasteiger charge is -2.18. The summed E-state index contributed by atoms with van der Waals surface area (Å²) in [5.74, 6) is 0. The van der Waals surface area contributed by atoms with Crippen molar-refractivity contribution in [1.82, 2.24) is 4.98 Å². The molecule has 0 spiro atoms. The minimum absolute atomic E-state index is 0.242. The third-order valence-electron chi connectivity index (χ3n) is 6.43. The topological polar surface area (TPSA) is 26.0 Å². The van der Waals surface area contributed by atoms with Crippen LogP contribution in [0.25, 0.3) is 55.1 Å². The summed E-state index contributed by atoms with van der Waals surface area (Å²) < 4.78 is 6.12. The van der Waals surface area contributed by atoms with Gasteiger partial charge in [-0.05, 0) is 69.6 Å². The number of nitrogens with zero attached hydrogens (tertiary/aromatic N) is 1. The van der Waals surface area contributed by atoms with Gasteiger partial charge in [0, 0.05) is 22.5 Å². The molecule has 2 heterocycles. The smallest absolute Gasteiger partial charge is 0.136 e. The summed E-state index contributed by atoms with van der Waals surface area (Å²) in [6, 6.07) is 32.2. The van der Waals surface area contributed by atoms with Crippen molar-refractivity contribution in [2.45, 2.75) is 27.2 Å². The number of aromatic nitrogens is 1.